The lowest BCUT2D eigenvalue weighted by molar-refractivity contribution is -0.142. The van der Waals surface area contributed by atoms with Gasteiger partial charge in [0.25, 0.3) is 0 Å². The summed E-state index contributed by atoms with van der Waals surface area (Å²) < 4.78 is 19.9. The SMILES string of the molecule is CCOC(=O)C/C=C/c1cc(Cl)c([C@@H]2c3[nH]c4ccccc4c3C[C@@H](C)N2CC(C)(C)F)c(Cl)c1. The lowest BCUT2D eigenvalue weighted by Gasteiger charge is -2.43. The third-order valence-corrected chi connectivity index (χ3v) is 6.98. The third kappa shape index (κ3) is 5.58. The van der Waals surface area contributed by atoms with Crippen LogP contribution < -0.4 is 0 Å². The lowest BCUT2D eigenvalue weighted by atomic mass is 9.87. The number of carbonyl (C=O) groups excluding carboxylic acids is 1. The van der Waals surface area contributed by atoms with Gasteiger partial charge in [-0.1, -0.05) is 53.6 Å². The van der Waals surface area contributed by atoms with Crippen LogP contribution in [0, 0.1) is 0 Å². The summed E-state index contributed by atoms with van der Waals surface area (Å²) in [4.78, 5) is 17.4. The molecule has 0 unspecified atom stereocenters. The highest BCUT2D eigenvalue weighted by Gasteiger charge is 2.40. The van der Waals surface area contributed by atoms with Gasteiger partial charge in [-0.2, -0.15) is 0 Å². The number of H-pyrrole nitrogens is 1. The molecule has 3 aromatic rings. The number of ether oxygens (including phenoxy) is 1. The largest absolute Gasteiger partial charge is 0.466 e. The summed E-state index contributed by atoms with van der Waals surface area (Å²) in [5.41, 5.74) is 3.40. The van der Waals surface area contributed by atoms with Crippen molar-refractivity contribution in [3.63, 3.8) is 0 Å². The number of benzene rings is 2. The van der Waals surface area contributed by atoms with Gasteiger partial charge in [0.15, 0.2) is 0 Å². The molecule has 186 valence electrons. The molecular formula is C28H31Cl2FN2O2. The Morgan fingerprint density at radius 3 is 2.60 bits per heavy atom. The zero-order valence-corrected chi connectivity index (χ0v) is 22.0. The second-order valence-corrected chi connectivity index (χ2v) is 10.5. The van der Waals surface area contributed by atoms with Crippen LogP contribution in [0.15, 0.2) is 42.5 Å². The van der Waals surface area contributed by atoms with E-state index in [1.165, 1.54) is 10.9 Å². The number of aromatic amines is 1. The van der Waals surface area contributed by atoms with Crippen molar-refractivity contribution in [3.8, 4) is 0 Å². The molecule has 4 rings (SSSR count). The monoisotopic (exact) mass is 516 g/mol. The van der Waals surface area contributed by atoms with Crippen molar-refractivity contribution in [2.45, 2.75) is 58.3 Å². The van der Waals surface area contributed by atoms with Gasteiger partial charge >= 0.3 is 5.97 Å². The van der Waals surface area contributed by atoms with Crippen molar-refractivity contribution >= 4 is 46.2 Å². The Bertz CT molecular complexity index is 1240. The van der Waals surface area contributed by atoms with Crippen LogP contribution in [-0.4, -0.2) is 40.7 Å². The first-order chi connectivity index (χ1) is 16.6. The summed E-state index contributed by atoms with van der Waals surface area (Å²) in [5, 5.41) is 2.17. The van der Waals surface area contributed by atoms with Gasteiger partial charge in [0.05, 0.1) is 19.1 Å². The summed E-state index contributed by atoms with van der Waals surface area (Å²) in [6, 6.07) is 11.6. The fraction of sp³-hybridized carbons (Fsp3) is 0.393. The molecule has 0 spiro atoms. The third-order valence-electron chi connectivity index (χ3n) is 6.35. The van der Waals surface area contributed by atoms with Gasteiger partial charge in [0, 0.05) is 44.8 Å². The van der Waals surface area contributed by atoms with E-state index in [9.17, 15) is 9.18 Å². The topological polar surface area (TPSA) is 45.3 Å². The highest BCUT2D eigenvalue weighted by molar-refractivity contribution is 6.36. The maximum absolute atomic E-state index is 15.0. The highest BCUT2D eigenvalue weighted by atomic mass is 35.5. The molecule has 1 aromatic heterocycles. The van der Waals surface area contributed by atoms with Crippen LogP contribution in [-0.2, 0) is 16.0 Å². The van der Waals surface area contributed by atoms with Gasteiger partial charge in [-0.25, -0.2) is 4.39 Å². The minimum atomic E-state index is -1.40. The molecular weight excluding hydrogens is 486 g/mol. The van der Waals surface area contributed by atoms with E-state index in [1.807, 2.05) is 24.3 Å². The van der Waals surface area contributed by atoms with Crippen molar-refractivity contribution in [3.05, 3.63) is 74.9 Å². The molecule has 2 aromatic carbocycles. The summed E-state index contributed by atoms with van der Waals surface area (Å²) in [6.45, 7) is 7.67. The van der Waals surface area contributed by atoms with Crippen molar-refractivity contribution in [2.75, 3.05) is 13.2 Å². The van der Waals surface area contributed by atoms with E-state index >= 15 is 0 Å². The molecule has 0 bridgehead atoms. The number of aromatic nitrogens is 1. The van der Waals surface area contributed by atoms with E-state index in [2.05, 4.69) is 28.9 Å². The van der Waals surface area contributed by atoms with E-state index in [4.69, 9.17) is 27.9 Å². The van der Waals surface area contributed by atoms with Crippen LogP contribution in [0.1, 0.15) is 62.5 Å². The molecule has 35 heavy (non-hydrogen) atoms. The highest BCUT2D eigenvalue weighted by Crippen LogP contribution is 2.46. The quantitative estimate of drug-likeness (QED) is 0.330. The molecule has 0 saturated carbocycles. The number of rotatable bonds is 7. The molecule has 0 fully saturated rings. The van der Waals surface area contributed by atoms with Crippen molar-refractivity contribution in [1.82, 2.24) is 9.88 Å². The Hall–Kier alpha value is -2.34. The average molecular weight is 517 g/mol. The molecule has 2 atom stereocenters. The van der Waals surface area contributed by atoms with E-state index in [0.717, 1.165) is 28.8 Å². The number of alkyl halides is 1. The van der Waals surface area contributed by atoms with E-state index in [1.54, 1.807) is 32.9 Å². The first kappa shape index (κ1) is 25.7. The van der Waals surface area contributed by atoms with Crippen LogP contribution in [0.4, 0.5) is 4.39 Å². The number of para-hydroxylation sites is 1. The average Bonchev–Trinajstić information content (AvgIpc) is 3.13. The van der Waals surface area contributed by atoms with E-state index in [-0.39, 0.29) is 31.0 Å². The normalized spacial score (nSPS) is 18.8. The Morgan fingerprint density at radius 1 is 1.26 bits per heavy atom. The molecule has 0 saturated heterocycles. The molecule has 1 N–H and O–H groups in total. The Labute approximate surface area is 216 Å². The Kier molecular flexibility index (Phi) is 7.60. The number of nitrogens with zero attached hydrogens (tertiary/aromatic N) is 1. The molecule has 0 amide bonds. The van der Waals surface area contributed by atoms with Gasteiger partial charge < -0.3 is 9.72 Å². The Balaban J connectivity index is 1.79. The second kappa shape index (κ2) is 10.3. The van der Waals surface area contributed by atoms with Crippen LogP contribution in [0.25, 0.3) is 17.0 Å². The van der Waals surface area contributed by atoms with Crippen LogP contribution >= 0.6 is 23.2 Å². The fourth-order valence-corrected chi connectivity index (χ4v) is 5.68. The minimum Gasteiger partial charge on any atom is -0.466 e. The van der Waals surface area contributed by atoms with Gasteiger partial charge in [-0.15, -0.1) is 0 Å². The summed E-state index contributed by atoms with van der Waals surface area (Å²) in [6.07, 6.45) is 4.51. The van der Waals surface area contributed by atoms with Gasteiger partial charge in [-0.05, 0) is 63.4 Å². The number of hydrogen-bond acceptors (Lipinski definition) is 3. The minimum absolute atomic E-state index is 0.0815. The standard InChI is InChI=1S/C28H31Cl2FN2O2/c1-5-35-24(34)12-8-9-18-14-21(29)25(22(30)15-18)27-26-20(19-10-6-7-11-23(19)32-26)13-17(2)33(27)16-28(3,4)31/h6-11,14-15,17,27,32H,5,12-13,16H2,1-4H3/b9-8+/t17-,27-/m1/s1. The van der Waals surface area contributed by atoms with Gasteiger partial charge in [-0.3, -0.25) is 9.69 Å². The predicted octanol–water partition coefficient (Wildman–Crippen LogP) is 7.53. The zero-order chi connectivity index (χ0) is 25.3. The van der Waals surface area contributed by atoms with Crippen molar-refractivity contribution < 1.29 is 13.9 Å². The molecule has 0 aliphatic carbocycles. The Morgan fingerprint density at radius 2 is 1.94 bits per heavy atom. The predicted molar refractivity (Wildman–Crippen MR) is 142 cm³/mol. The summed E-state index contributed by atoms with van der Waals surface area (Å²) >= 11 is 13.7. The molecule has 1 aliphatic heterocycles. The fourth-order valence-electron chi connectivity index (χ4n) is 4.97. The maximum atomic E-state index is 15.0. The van der Waals surface area contributed by atoms with Crippen LogP contribution in [0.2, 0.25) is 10.0 Å². The van der Waals surface area contributed by atoms with E-state index < -0.39 is 5.67 Å². The van der Waals surface area contributed by atoms with Crippen LogP contribution in [0.3, 0.4) is 0 Å². The van der Waals surface area contributed by atoms with Gasteiger partial charge in [0.2, 0.25) is 0 Å². The summed E-state index contributed by atoms with van der Waals surface area (Å²) in [7, 11) is 0. The first-order valence-electron chi connectivity index (χ1n) is 11.9. The smallest absolute Gasteiger partial charge is 0.309 e. The van der Waals surface area contributed by atoms with Crippen molar-refractivity contribution in [1.29, 1.82) is 0 Å². The maximum Gasteiger partial charge on any atom is 0.309 e. The lowest BCUT2D eigenvalue weighted by Crippen LogP contribution is -2.48. The molecule has 4 nitrogen and oxygen atoms in total. The van der Waals surface area contributed by atoms with Crippen molar-refractivity contribution in [2.24, 2.45) is 0 Å². The summed E-state index contributed by atoms with van der Waals surface area (Å²) in [5.74, 6) is -0.287. The van der Waals surface area contributed by atoms with Crippen LogP contribution in [0.5, 0.6) is 0 Å². The number of nitrogens with one attached hydrogen (secondary N) is 1. The van der Waals surface area contributed by atoms with E-state index in [0.29, 0.717) is 16.7 Å². The number of halogens is 3. The molecule has 2 heterocycles. The molecule has 0 radical (unpaired) electrons. The zero-order valence-electron chi connectivity index (χ0n) is 20.5. The first-order valence-corrected chi connectivity index (χ1v) is 12.7. The van der Waals surface area contributed by atoms with Gasteiger partial charge in [0.1, 0.15) is 5.67 Å². The number of fused-ring (bicyclic) bond motifs is 3. The molecule has 7 heteroatoms. The number of carbonyl (C=O) groups is 1. The molecule has 1 aliphatic rings. The number of esters is 1. The number of hydrogen-bond donors (Lipinski definition) is 1. The second-order valence-electron chi connectivity index (χ2n) is 9.72.